The van der Waals surface area contributed by atoms with Crippen molar-refractivity contribution in [1.29, 1.82) is 0 Å². The Morgan fingerprint density at radius 3 is 2.50 bits per heavy atom. The van der Waals surface area contributed by atoms with Crippen molar-refractivity contribution in [3.8, 4) is 0 Å². The van der Waals surface area contributed by atoms with Gasteiger partial charge in [-0.25, -0.2) is 9.59 Å². The summed E-state index contributed by atoms with van der Waals surface area (Å²) in [5.41, 5.74) is 1.67. The lowest BCUT2D eigenvalue weighted by molar-refractivity contribution is 0.0466. The number of ether oxygens (including phenoxy) is 2. The Kier molecular flexibility index (Phi) is 4.73. The van der Waals surface area contributed by atoms with Crippen molar-refractivity contribution in [3.63, 3.8) is 0 Å². The van der Waals surface area contributed by atoms with Crippen molar-refractivity contribution < 1.29 is 23.9 Å². The van der Waals surface area contributed by atoms with Gasteiger partial charge in [0.15, 0.2) is 5.78 Å². The fraction of sp³-hybridized carbons (Fsp3) is 0.188. The number of carbonyl (C=O) groups excluding carboxylic acids is 3. The molecule has 0 spiro atoms. The normalized spacial score (nSPS) is 10.1. The zero-order chi connectivity index (χ0) is 16.1. The lowest BCUT2D eigenvalue weighted by atomic mass is 10.1. The predicted octanol–water partition coefficient (Wildman–Crippen LogP) is 2.36. The third-order valence-corrected chi connectivity index (χ3v) is 3.03. The van der Waals surface area contributed by atoms with Crippen molar-refractivity contribution in [2.45, 2.75) is 13.5 Å². The second-order valence-electron chi connectivity index (χ2n) is 4.63. The molecular formula is C16H15NO5. The molecule has 114 valence electrons. The number of H-pyrrole nitrogens is 1. The van der Waals surface area contributed by atoms with Crippen LogP contribution < -0.4 is 0 Å². The molecule has 0 fully saturated rings. The molecule has 1 aromatic heterocycles. The van der Waals surface area contributed by atoms with E-state index in [4.69, 9.17) is 4.74 Å². The average Bonchev–Trinajstić information content (AvgIpc) is 3.02. The average molecular weight is 301 g/mol. The topological polar surface area (TPSA) is 85.5 Å². The van der Waals surface area contributed by atoms with Crippen LogP contribution in [-0.2, 0) is 16.1 Å². The molecule has 6 nitrogen and oxygen atoms in total. The van der Waals surface area contributed by atoms with Gasteiger partial charge in [-0.05, 0) is 30.7 Å². The zero-order valence-corrected chi connectivity index (χ0v) is 12.2. The van der Waals surface area contributed by atoms with Crippen molar-refractivity contribution in [2.24, 2.45) is 0 Å². The number of rotatable bonds is 5. The number of nitrogens with one attached hydrogen (secondary N) is 1. The number of carbonyl (C=O) groups is 3. The highest BCUT2D eigenvalue weighted by molar-refractivity contribution is 5.97. The minimum absolute atomic E-state index is 0.0120. The Labute approximate surface area is 127 Å². The standard InChI is InChI=1S/C16H15NO5/c1-10(18)13-7-14(17-8-13)16(20)22-9-11-4-3-5-12(6-11)15(19)21-2/h3-8,17H,9H2,1-2H3. The molecule has 22 heavy (non-hydrogen) atoms. The number of aromatic nitrogens is 1. The predicted molar refractivity (Wildman–Crippen MR) is 77.7 cm³/mol. The monoisotopic (exact) mass is 301 g/mol. The largest absolute Gasteiger partial charge is 0.465 e. The first kappa shape index (κ1) is 15.5. The van der Waals surface area contributed by atoms with Gasteiger partial charge in [0.1, 0.15) is 12.3 Å². The number of hydrogen-bond acceptors (Lipinski definition) is 5. The van der Waals surface area contributed by atoms with E-state index < -0.39 is 11.9 Å². The summed E-state index contributed by atoms with van der Waals surface area (Å²) in [7, 11) is 1.30. The summed E-state index contributed by atoms with van der Waals surface area (Å²) in [4.78, 5) is 37.2. The molecule has 0 unspecified atom stereocenters. The van der Waals surface area contributed by atoms with E-state index in [0.29, 0.717) is 16.7 Å². The van der Waals surface area contributed by atoms with E-state index in [1.165, 1.54) is 26.3 Å². The molecule has 0 saturated carbocycles. The summed E-state index contributed by atoms with van der Waals surface area (Å²) in [6.07, 6.45) is 1.46. The van der Waals surface area contributed by atoms with Crippen LogP contribution in [0.5, 0.6) is 0 Å². The first-order valence-corrected chi connectivity index (χ1v) is 6.55. The van der Waals surface area contributed by atoms with Crippen LogP contribution in [0.15, 0.2) is 36.5 Å². The lowest BCUT2D eigenvalue weighted by Crippen LogP contribution is -2.07. The SMILES string of the molecule is COC(=O)c1cccc(COC(=O)c2cc(C(C)=O)c[nH]2)c1. The van der Waals surface area contributed by atoms with Crippen LogP contribution in [0.25, 0.3) is 0 Å². The van der Waals surface area contributed by atoms with Gasteiger partial charge in [-0.1, -0.05) is 12.1 Å². The number of benzene rings is 1. The minimum Gasteiger partial charge on any atom is -0.465 e. The zero-order valence-electron chi connectivity index (χ0n) is 12.2. The highest BCUT2D eigenvalue weighted by Gasteiger charge is 2.13. The Balaban J connectivity index is 2.01. The van der Waals surface area contributed by atoms with E-state index in [2.05, 4.69) is 9.72 Å². The van der Waals surface area contributed by atoms with Crippen LogP contribution in [0.2, 0.25) is 0 Å². The fourth-order valence-electron chi connectivity index (χ4n) is 1.85. The van der Waals surface area contributed by atoms with Gasteiger partial charge in [-0.2, -0.15) is 0 Å². The van der Waals surface area contributed by atoms with Gasteiger partial charge in [0.25, 0.3) is 0 Å². The van der Waals surface area contributed by atoms with Crippen LogP contribution in [0.1, 0.15) is 43.7 Å². The van der Waals surface area contributed by atoms with Gasteiger partial charge in [0.05, 0.1) is 12.7 Å². The smallest absolute Gasteiger partial charge is 0.355 e. The summed E-state index contributed by atoms with van der Waals surface area (Å²) in [6, 6.07) is 8.05. The number of hydrogen-bond donors (Lipinski definition) is 1. The molecule has 0 saturated heterocycles. The molecule has 1 N–H and O–H groups in total. The lowest BCUT2D eigenvalue weighted by Gasteiger charge is -2.05. The van der Waals surface area contributed by atoms with E-state index in [1.54, 1.807) is 24.3 Å². The maximum atomic E-state index is 11.9. The molecule has 0 radical (unpaired) electrons. The van der Waals surface area contributed by atoms with E-state index >= 15 is 0 Å². The third kappa shape index (κ3) is 3.60. The summed E-state index contributed by atoms with van der Waals surface area (Å²) >= 11 is 0. The van der Waals surface area contributed by atoms with E-state index in [1.807, 2.05) is 0 Å². The van der Waals surface area contributed by atoms with Crippen molar-refractivity contribution in [2.75, 3.05) is 7.11 Å². The Morgan fingerprint density at radius 2 is 1.86 bits per heavy atom. The first-order valence-electron chi connectivity index (χ1n) is 6.55. The molecule has 2 aromatic rings. The Bertz CT molecular complexity index is 717. The van der Waals surface area contributed by atoms with Crippen molar-refractivity contribution in [3.05, 3.63) is 58.9 Å². The van der Waals surface area contributed by atoms with Crippen LogP contribution in [-0.4, -0.2) is 29.8 Å². The second-order valence-corrected chi connectivity index (χ2v) is 4.63. The van der Waals surface area contributed by atoms with Gasteiger partial charge < -0.3 is 14.5 Å². The summed E-state index contributed by atoms with van der Waals surface area (Å²) < 4.78 is 9.77. The Hall–Kier alpha value is -2.89. The van der Waals surface area contributed by atoms with Crippen LogP contribution in [0, 0.1) is 0 Å². The highest BCUT2D eigenvalue weighted by atomic mass is 16.5. The second kappa shape index (κ2) is 6.71. The number of methoxy groups -OCH3 is 1. The highest BCUT2D eigenvalue weighted by Crippen LogP contribution is 2.10. The van der Waals surface area contributed by atoms with Gasteiger partial charge >= 0.3 is 11.9 Å². The van der Waals surface area contributed by atoms with Gasteiger partial charge in [-0.15, -0.1) is 0 Å². The molecular weight excluding hydrogens is 286 g/mol. The molecule has 2 rings (SSSR count). The number of aromatic amines is 1. The molecule has 1 aromatic carbocycles. The number of esters is 2. The molecule has 0 atom stereocenters. The van der Waals surface area contributed by atoms with E-state index in [0.717, 1.165) is 0 Å². The Morgan fingerprint density at radius 1 is 1.09 bits per heavy atom. The van der Waals surface area contributed by atoms with E-state index in [9.17, 15) is 14.4 Å². The van der Waals surface area contributed by atoms with Gasteiger partial charge in [0, 0.05) is 11.8 Å². The maximum Gasteiger partial charge on any atom is 0.355 e. The molecule has 1 heterocycles. The van der Waals surface area contributed by atoms with Gasteiger partial charge in [-0.3, -0.25) is 4.79 Å². The van der Waals surface area contributed by atoms with Crippen molar-refractivity contribution in [1.82, 2.24) is 4.98 Å². The van der Waals surface area contributed by atoms with E-state index in [-0.39, 0.29) is 18.1 Å². The van der Waals surface area contributed by atoms with Crippen LogP contribution >= 0.6 is 0 Å². The first-order chi connectivity index (χ1) is 10.5. The van der Waals surface area contributed by atoms with Crippen molar-refractivity contribution >= 4 is 17.7 Å². The molecule has 0 aliphatic carbocycles. The number of Topliss-reactive ketones (excluding diaryl/α,β-unsaturated/α-hetero) is 1. The fourth-order valence-corrected chi connectivity index (χ4v) is 1.85. The summed E-state index contributed by atoms with van der Waals surface area (Å²) in [5, 5.41) is 0. The quantitative estimate of drug-likeness (QED) is 0.677. The van der Waals surface area contributed by atoms with Crippen LogP contribution in [0.3, 0.4) is 0 Å². The summed E-state index contributed by atoms with van der Waals surface area (Å²) in [6.45, 7) is 1.43. The minimum atomic E-state index is -0.573. The molecule has 6 heteroatoms. The number of ketones is 1. The maximum absolute atomic E-state index is 11.9. The molecule has 0 aliphatic rings. The third-order valence-electron chi connectivity index (χ3n) is 3.03. The summed E-state index contributed by atoms with van der Waals surface area (Å²) in [5.74, 6) is -1.17. The molecule has 0 bridgehead atoms. The van der Waals surface area contributed by atoms with Gasteiger partial charge in [0.2, 0.25) is 0 Å². The molecule has 0 amide bonds. The molecule has 0 aliphatic heterocycles. The van der Waals surface area contributed by atoms with Crippen LogP contribution in [0.4, 0.5) is 0 Å².